The van der Waals surface area contributed by atoms with E-state index in [2.05, 4.69) is 11.3 Å². The Kier molecular flexibility index (Phi) is 5.09. The van der Waals surface area contributed by atoms with Crippen molar-refractivity contribution < 1.29 is 17.9 Å². The molecule has 1 unspecified atom stereocenters. The van der Waals surface area contributed by atoms with Gasteiger partial charge in [0.05, 0.1) is 11.0 Å². The van der Waals surface area contributed by atoms with Crippen LogP contribution in [0.3, 0.4) is 0 Å². The summed E-state index contributed by atoms with van der Waals surface area (Å²) in [4.78, 5) is 10.8. The third kappa shape index (κ3) is 4.00. The maximum Gasteiger partial charge on any atom is 0.330 e. The van der Waals surface area contributed by atoms with Crippen LogP contribution in [0.2, 0.25) is 0 Å². The van der Waals surface area contributed by atoms with Gasteiger partial charge in [0.25, 0.3) is 0 Å². The topological polar surface area (TPSA) is 60.4 Å². The van der Waals surface area contributed by atoms with E-state index in [1.807, 2.05) is 6.07 Å². The quantitative estimate of drug-likeness (QED) is 0.584. The van der Waals surface area contributed by atoms with Crippen LogP contribution in [0, 0.1) is 0 Å². The van der Waals surface area contributed by atoms with Gasteiger partial charge in [-0.2, -0.15) is 0 Å². The van der Waals surface area contributed by atoms with Crippen LogP contribution >= 0.6 is 0 Å². The fourth-order valence-corrected chi connectivity index (χ4v) is 2.67. The van der Waals surface area contributed by atoms with Crippen molar-refractivity contribution in [2.75, 3.05) is 12.4 Å². The number of hydrogen-bond acceptors (Lipinski definition) is 4. The highest BCUT2D eigenvalue weighted by molar-refractivity contribution is 7.91. The fourth-order valence-electron chi connectivity index (χ4n) is 1.43. The van der Waals surface area contributed by atoms with E-state index >= 15 is 0 Å². The first-order valence-electron chi connectivity index (χ1n) is 5.53. The Morgan fingerprint density at radius 1 is 1.39 bits per heavy atom. The molecule has 18 heavy (non-hydrogen) atoms. The monoisotopic (exact) mass is 268 g/mol. The third-order valence-corrected chi connectivity index (χ3v) is 4.67. The first-order valence-corrected chi connectivity index (χ1v) is 7.24. The van der Waals surface area contributed by atoms with E-state index in [9.17, 15) is 13.2 Å². The van der Waals surface area contributed by atoms with Gasteiger partial charge in [0.1, 0.15) is 6.61 Å². The van der Waals surface area contributed by atoms with Gasteiger partial charge in [-0.15, -0.1) is 0 Å². The number of esters is 1. The molecule has 0 N–H and O–H groups in total. The lowest BCUT2D eigenvalue weighted by Gasteiger charge is -2.13. The molecule has 98 valence electrons. The molecule has 1 aromatic rings. The average Bonchev–Trinajstić information content (AvgIpc) is 2.38. The van der Waals surface area contributed by atoms with Gasteiger partial charge in [0.2, 0.25) is 0 Å². The molecule has 0 radical (unpaired) electrons. The van der Waals surface area contributed by atoms with Crippen LogP contribution in [0.15, 0.2) is 43.0 Å². The van der Waals surface area contributed by atoms with E-state index in [4.69, 9.17) is 0 Å². The Morgan fingerprint density at radius 2 is 2.00 bits per heavy atom. The Labute approximate surface area is 107 Å². The lowest BCUT2D eigenvalue weighted by Crippen LogP contribution is -2.19. The van der Waals surface area contributed by atoms with Gasteiger partial charge in [-0.1, -0.05) is 36.9 Å². The molecule has 0 amide bonds. The highest BCUT2D eigenvalue weighted by Gasteiger charge is 2.22. The van der Waals surface area contributed by atoms with Gasteiger partial charge >= 0.3 is 5.97 Å². The van der Waals surface area contributed by atoms with E-state index in [1.165, 1.54) is 0 Å². The molecule has 0 aliphatic carbocycles. The first kappa shape index (κ1) is 14.4. The van der Waals surface area contributed by atoms with Crippen LogP contribution in [-0.4, -0.2) is 26.7 Å². The normalized spacial score (nSPS) is 12.7. The van der Waals surface area contributed by atoms with Gasteiger partial charge in [-0.05, 0) is 12.5 Å². The molecular weight excluding hydrogens is 252 g/mol. The summed E-state index contributed by atoms with van der Waals surface area (Å²) in [5.41, 5.74) is 0.729. The molecule has 1 atom stereocenters. The Balaban J connectivity index is 2.64. The zero-order valence-electron chi connectivity index (χ0n) is 10.2. The van der Waals surface area contributed by atoms with Gasteiger partial charge in [0, 0.05) is 6.08 Å². The number of hydrogen-bond donors (Lipinski definition) is 0. The van der Waals surface area contributed by atoms with Gasteiger partial charge in [-0.25, -0.2) is 13.2 Å². The van der Waals surface area contributed by atoms with Crippen molar-refractivity contribution in [1.82, 2.24) is 0 Å². The summed E-state index contributed by atoms with van der Waals surface area (Å²) in [5, 5.41) is -0.610. The largest absolute Gasteiger partial charge is 0.461 e. The summed E-state index contributed by atoms with van der Waals surface area (Å²) in [6.07, 6.45) is 1.01. The standard InChI is InChI=1S/C13H16O4S/c1-3-13(14)17-9-10-18(15,16)11(2)12-7-5-4-6-8-12/h3-8,11H,1,9-10H2,2H3. The minimum atomic E-state index is -3.33. The molecule has 0 bridgehead atoms. The number of ether oxygens (including phenoxy) is 1. The smallest absolute Gasteiger partial charge is 0.330 e. The molecule has 0 aliphatic heterocycles. The van der Waals surface area contributed by atoms with Crippen molar-refractivity contribution in [3.63, 3.8) is 0 Å². The maximum atomic E-state index is 12.0. The first-order chi connectivity index (χ1) is 8.47. The third-order valence-electron chi connectivity index (χ3n) is 2.59. The summed E-state index contributed by atoms with van der Waals surface area (Å²) in [5.74, 6) is -0.805. The Hall–Kier alpha value is -1.62. The molecule has 1 aromatic carbocycles. The zero-order valence-corrected chi connectivity index (χ0v) is 11.0. The Bertz CT molecular complexity index is 505. The number of carbonyl (C=O) groups is 1. The highest BCUT2D eigenvalue weighted by atomic mass is 32.2. The lowest BCUT2D eigenvalue weighted by molar-refractivity contribution is -0.137. The van der Waals surface area contributed by atoms with Crippen LogP contribution in [0.25, 0.3) is 0 Å². The van der Waals surface area contributed by atoms with Crippen LogP contribution in [-0.2, 0) is 19.4 Å². The van der Waals surface area contributed by atoms with Crippen molar-refractivity contribution in [1.29, 1.82) is 0 Å². The highest BCUT2D eigenvalue weighted by Crippen LogP contribution is 2.21. The number of carbonyl (C=O) groups excluding carboxylic acids is 1. The fraction of sp³-hybridized carbons (Fsp3) is 0.308. The summed E-state index contributed by atoms with van der Waals surface area (Å²) < 4.78 is 28.6. The SMILES string of the molecule is C=CC(=O)OCCS(=O)(=O)C(C)c1ccccc1. The summed E-state index contributed by atoms with van der Waals surface area (Å²) in [6, 6.07) is 8.93. The number of sulfone groups is 1. The molecule has 5 heteroatoms. The second-order valence-electron chi connectivity index (χ2n) is 3.79. The lowest BCUT2D eigenvalue weighted by atomic mass is 10.2. The van der Waals surface area contributed by atoms with Crippen molar-refractivity contribution in [2.45, 2.75) is 12.2 Å². The predicted molar refractivity (Wildman–Crippen MR) is 69.8 cm³/mol. The van der Waals surface area contributed by atoms with Crippen molar-refractivity contribution in [2.24, 2.45) is 0 Å². The molecule has 0 heterocycles. The van der Waals surface area contributed by atoms with E-state index in [-0.39, 0.29) is 12.4 Å². The van der Waals surface area contributed by atoms with Gasteiger partial charge in [0.15, 0.2) is 9.84 Å². The average molecular weight is 268 g/mol. The van der Waals surface area contributed by atoms with E-state index < -0.39 is 21.1 Å². The van der Waals surface area contributed by atoms with Gasteiger partial charge in [-0.3, -0.25) is 0 Å². The summed E-state index contributed by atoms with van der Waals surface area (Å²) in [6.45, 7) is 4.71. The van der Waals surface area contributed by atoms with E-state index in [0.29, 0.717) is 0 Å². The molecule has 0 aliphatic rings. The van der Waals surface area contributed by atoms with Crippen LogP contribution in [0.1, 0.15) is 17.7 Å². The van der Waals surface area contributed by atoms with Crippen LogP contribution in [0.5, 0.6) is 0 Å². The summed E-state index contributed by atoms with van der Waals surface area (Å²) in [7, 11) is -3.33. The molecule has 0 fully saturated rings. The second-order valence-corrected chi connectivity index (χ2v) is 6.23. The molecule has 0 saturated carbocycles. The summed E-state index contributed by atoms with van der Waals surface area (Å²) >= 11 is 0. The van der Waals surface area contributed by atoms with Crippen molar-refractivity contribution in [3.05, 3.63) is 48.6 Å². The molecule has 0 aromatic heterocycles. The van der Waals surface area contributed by atoms with Crippen LogP contribution in [0.4, 0.5) is 0 Å². The Morgan fingerprint density at radius 3 is 2.56 bits per heavy atom. The van der Waals surface area contributed by atoms with Crippen molar-refractivity contribution >= 4 is 15.8 Å². The van der Waals surface area contributed by atoms with E-state index in [1.54, 1.807) is 31.2 Å². The molecule has 4 nitrogen and oxygen atoms in total. The molecular formula is C13H16O4S. The van der Waals surface area contributed by atoms with E-state index in [0.717, 1.165) is 11.6 Å². The zero-order chi connectivity index (χ0) is 13.6. The second kappa shape index (κ2) is 6.35. The van der Waals surface area contributed by atoms with Crippen molar-refractivity contribution in [3.8, 4) is 0 Å². The van der Waals surface area contributed by atoms with Gasteiger partial charge < -0.3 is 4.74 Å². The minimum absolute atomic E-state index is 0.148. The molecule has 1 rings (SSSR count). The molecule has 0 spiro atoms. The number of rotatable bonds is 6. The number of benzene rings is 1. The minimum Gasteiger partial charge on any atom is -0.461 e. The molecule has 0 saturated heterocycles. The predicted octanol–water partition coefficient (Wildman–Crippen LogP) is 1.89. The van der Waals surface area contributed by atoms with Crippen LogP contribution < -0.4 is 0 Å². The maximum absolute atomic E-state index is 12.0.